The van der Waals surface area contributed by atoms with Gasteiger partial charge in [0.25, 0.3) is 0 Å². The summed E-state index contributed by atoms with van der Waals surface area (Å²) in [6.45, 7) is 9.55. The van der Waals surface area contributed by atoms with Gasteiger partial charge in [0.1, 0.15) is 0 Å². The van der Waals surface area contributed by atoms with Crippen LogP contribution in [0.5, 0.6) is 0 Å². The van der Waals surface area contributed by atoms with Gasteiger partial charge in [-0.25, -0.2) is 0 Å². The molecule has 1 aliphatic heterocycles. The van der Waals surface area contributed by atoms with E-state index in [2.05, 4.69) is 5.32 Å². The van der Waals surface area contributed by atoms with E-state index in [9.17, 15) is 9.59 Å². The van der Waals surface area contributed by atoms with Crippen molar-refractivity contribution in [2.45, 2.75) is 26.8 Å². The number of hydrogen-bond donors (Lipinski definition) is 1. The van der Waals surface area contributed by atoms with E-state index in [-0.39, 0.29) is 24.4 Å². The summed E-state index contributed by atoms with van der Waals surface area (Å²) in [5.74, 6) is 0.0362. The Bertz CT molecular complexity index is 302. The number of carbonyl (C=O) groups is 2. The van der Waals surface area contributed by atoms with Gasteiger partial charge in [0.15, 0.2) is 0 Å². The zero-order valence-electron chi connectivity index (χ0n) is 12.1. The summed E-state index contributed by atoms with van der Waals surface area (Å²) in [6.07, 6.45) is 0. The predicted octanol–water partition coefficient (Wildman–Crippen LogP) is -0.308. The molecule has 1 rings (SSSR count). The summed E-state index contributed by atoms with van der Waals surface area (Å²) in [6, 6.07) is 0.126. The Hall–Kier alpha value is -1.14. The molecule has 0 aromatic heterocycles. The van der Waals surface area contributed by atoms with E-state index in [1.165, 1.54) is 0 Å². The molecule has 110 valence electrons. The lowest BCUT2D eigenvalue weighted by atomic mass is 10.3. The largest absolute Gasteiger partial charge is 0.378 e. The minimum atomic E-state index is -0.0355. The Morgan fingerprint density at radius 1 is 1.26 bits per heavy atom. The smallest absolute Gasteiger partial charge is 0.236 e. The highest BCUT2D eigenvalue weighted by Gasteiger charge is 2.20. The van der Waals surface area contributed by atoms with Gasteiger partial charge in [0.2, 0.25) is 11.8 Å². The van der Waals surface area contributed by atoms with E-state index in [0.717, 1.165) is 0 Å². The van der Waals surface area contributed by atoms with Crippen molar-refractivity contribution in [3.8, 4) is 0 Å². The Labute approximate surface area is 115 Å². The van der Waals surface area contributed by atoms with Gasteiger partial charge in [-0.2, -0.15) is 0 Å². The van der Waals surface area contributed by atoms with Gasteiger partial charge >= 0.3 is 0 Å². The minimum absolute atomic E-state index is 0.0355. The first kappa shape index (κ1) is 15.9. The molecule has 1 aliphatic rings. The van der Waals surface area contributed by atoms with Crippen molar-refractivity contribution in [1.82, 2.24) is 15.1 Å². The highest BCUT2D eigenvalue weighted by atomic mass is 16.5. The SMILES string of the molecule is CCN(CC(=O)NC(C)C)CC(=O)N1CCOCC1. The van der Waals surface area contributed by atoms with Crippen LogP contribution in [0.4, 0.5) is 0 Å². The number of morpholine rings is 1. The van der Waals surface area contributed by atoms with Gasteiger partial charge in [-0.05, 0) is 20.4 Å². The summed E-state index contributed by atoms with van der Waals surface area (Å²) in [5, 5.41) is 2.83. The highest BCUT2D eigenvalue weighted by Crippen LogP contribution is 1.99. The number of carbonyl (C=O) groups excluding carboxylic acids is 2. The number of ether oxygens (including phenoxy) is 1. The first-order valence-corrected chi connectivity index (χ1v) is 6.90. The molecule has 0 saturated carbocycles. The van der Waals surface area contributed by atoms with Crippen molar-refractivity contribution < 1.29 is 14.3 Å². The molecule has 0 radical (unpaired) electrons. The maximum Gasteiger partial charge on any atom is 0.236 e. The molecule has 1 saturated heterocycles. The number of hydrogen-bond acceptors (Lipinski definition) is 4. The monoisotopic (exact) mass is 271 g/mol. The first-order chi connectivity index (χ1) is 9.02. The Kier molecular flexibility index (Phi) is 6.80. The van der Waals surface area contributed by atoms with Crippen LogP contribution in [0.3, 0.4) is 0 Å². The van der Waals surface area contributed by atoms with Gasteiger partial charge in [0.05, 0.1) is 26.3 Å². The molecule has 2 amide bonds. The number of rotatable bonds is 6. The third-order valence-electron chi connectivity index (χ3n) is 2.99. The molecule has 0 unspecified atom stereocenters. The lowest BCUT2D eigenvalue weighted by Crippen LogP contribution is -2.48. The number of nitrogens with zero attached hydrogens (tertiary/aromatic N) is 2. The zero-order chi connectivity index (χ0) is 14.3. The van der Waals surface area contributed by atoms with Crippen molar-refractivity contribution in [3.05, 3.63) is 0 Å². The fraction of sp³-hybridized carbons (Fsp3) is 0.846. The van der Waals surface area contributed by atoms with Crippen LogP contribution in [0.25, 0.3) is 0 Å². The second-order valence-electron chi connectivity index (χ2n) is 5.02. The Morgan fingerprint density at radius 3 is 2.42 bits per heavy atom. The summed E-state index contributed by atoms with van der Waals surface area (Å²) in [4.78, 5) is 27.4. The molecule has 19 heavy (non-hydrogen) atoms. The van der Waals surface area contributed by atoms with Gasteiger partial charge in [-0.3, -0.25) is 14.5 Å². The quantitative estimate of drug-likeness (QED) is 0.720. The van der Waals surface area contributed by atoms with Crippen LogP contribution in [0.2, 0.25) is 0 Å². The fourth-order valence-corrected chi connectivity index (χ4v) is 1.95. The van der Waals surface area contributed by atoms with Crippen LogP contribution in [0.1, 0.15) is 20.8 Å². The number of nitrogens with one attached hydrogen (secondary N) is 1. The average molecular weight is 271 g/mol. The highest BCUT2D eigenvalue weighted by molar-refractivity contribution is 5.81. The van der Waals surface area contributed by atoms with Crippen LogP contribution in [-0.4, -0.2) is 73.6 Å². The van der Waals surface area contributed by atoms with Gasteiger partial charge in [0, 0.05) is 19.1 Å². The van der Waals surface area contributed by atoms with Crippen LogP contribution in [0.15, 0.2) is 0 Å². The van der Waals surface area contributed by atoms with E-state index in [1.807, 2.05) is 25.7 Å². The van der Waals surface area contributed by atoms with Crippen LogP contribution in [-0.2, 0) is 14.3 Å². The number of amides is 2. The first-order valence-electron chi connectivity index (χ1n) is 6.90. The normalized spacial score (nSPS) is 15.9. The van der Waals surface area contributed by atoms with E-state index in [1.54, 1.807) is 4.90 Å². The molecule has 0 aromatic carbocycles. The lowest BCUT2D eigenvalue weighted by molar-refractivity contribution is -0.137. The summed E-state index contributed by atoms with van der Waals surface area (Å²) >= 11 is 0. The maximum atomic E-state index is 12.1. The van der Waals surface area contributed by atoms with Crippen LogP contribution >= 0.6 is 0 Å². The molecule has 0 aromatic rings. The van der Waals surface area contributed by atoms with Gasteiger partial charge < -0.3 is 15.0 Å². The molecular weight excluding hydrogens is 246 g/mol. The van der Waals surface area contributed by atoms with Gasteiger partial charge in [-0.15, -0.1) is 0 Å². The standard InChI is InChI=1S/C13H25N3O3/c1-4-15(9-12(17)14-11(2)3)10-13(18)16-5-7-19-8-6-16/h11H,4-10H2,1-3H3,(H,14,17). The van der Waals surface area contributed by atoms with Crippen molar-refractivity contribution >= 4 is 11.8 Å². The number of likely N-dealkylation sites (N-methyl/N-ethyl adjacent to an activating group) is 1. The predicted molar refractivity (Wildman–Crippen MR) is 72.8 cm³/mol. The van der Waals surface area contributed by atoms with Crippen molar-refractivity contribution in [2.24, 2.45) is 0 Å². The molecule has 0 atom stereocenters. The molecular formula is C13H25N3O3. The average Bonchev–Trinajstić information content (AvgIpc) is 2.37. The van der Waals surface area contributed by atoms with Crippen LogP contribution < -0.4 is 5.32 Å². The van der Waals surface area contributed by atoms with Crippen molar-refractivity contribution in [1.29, 1.82) is 0 Å². The molecule has 1 N–H and O–H groups in total. The molecule has 0 spiro atoms. The molecule has 6 nitrogen and oxygen atoms in total. The van der Waals surface area contributed by atoms with Crippen molar-refractivity contribution in [2.75, 3.05) is 45.9 Å². The maximum absolute atomic E-state index is 12.1. The molecule has 1 heterocycles. The van der Waals surface area contributed by atoms with Crippen LogP contribution in [0, 0.1) is 0 Å². The third-order valence-corrected chi connectivity index (χ3v) is 2.99. The molecule has 6 heteroatoms. The van der Waals surface area contributed by atoms with E-state index in [4.69, 9.17) is 4.74 Å². The van der Waals surface area contributed by atoms with Gasteiger partial charge in [-0.1, -0.05) is 6.92 Å². The fourth-order valence-electron chi connectivity index (χ4n) is 1.95. The Balaban J connectivity index is 2.38. The minimum Gasteiger partial charge on any atom is -0.378 e. The topological polar surface area (TPSA) is 61.9 Å². The third kappa shape index (κ3) is 6.02. The lowest BCUT2D eigenvalue weighted by Gasteiger charge is -2.29. The van der Waals surface area contributed by atoms with Crippen molar-refractivity contribution in [3.63, 3.8) is 0 Å². The zero-order valence-corrected chi connectivity index (χ0v) is 12.1. The summed E-state index contributed by atoms with van der Waals surface area (Å²) < 4.78 is 5.22. The summed E-state index contributed by atoms with van der Waals surface area (Å²) in [5.41, 5.74) is 0. The molecule has 1 fully saturated rings. The molecule has 0 aliphatic carbocycles. The second kappa shape index (κ2) is 8.12. The van der Waals surface area contributed by atoms with E-state index < -0.39 is 0 Å². The second-order valence-corrected chi connectivity index (χ2v) is 5.02. The van der Waals surface area contributed by atoms with E-state index in [0.29, 0.717) is 39.4 Å². The molecule has 0 bridgehead atoms. The Morgan fingerprint density at radius 2 is 1.89 bits per heavy atom. The van der Waals surface area contributed by atoms with E-state index >= 15 is 0 Å². The summed E-state index contributed by atoms with van der Waals surface area (Å²) in [7, 11) is 0.